The summed E-state index contributed by atoms with van der Waals surface area (Å²) in [6.07, 6.45) is 1.44. The first-order chi connectivity index (χ1) is 8.69. The summed E-state index contributed by atoms with van der Waals surface area (Å²) in [4.78, 5) is 11.2. The molecule has 98 valence electrons. The summed E-state index contributed by atoms with van der Waals surface area (Å²) in [5.74, 6) is 0.431. The largest absolute Gasteiger partial charge is 0.496 e. The van der Waals surface area contributed by atoms with Crippen molar-refractivity contribution < 1.29 is 13.9 Å². The van der Waals surface area contributed by atoms with Crippen LogP contribution in [0.5, 0.6) is 5.75 Å². The number of amides is 1. The van der Waals surface area contributed by atoms with Crippen molar-refractivity contribution in [1.29, 1.82) is 0 Å². The fourth-order valence-electron chi connectivity index (χ4n) is 2.14. The molecule has 1 aliphatic heterocycles. The van der Waals surface area contributed by atoms with Gasteiger partial charge in [-0.2, -0.15) is 0 Å². The van der Waals surface area contributed by atoms with Gasteiger partial charge in [-0.15, -0.1) is 0 Å². The Labute approximate surface area is 106 Å². The highest BCUT2D eigenvalue weighted by atomic mass is 19.1. The van der Waals surface area contributed by atoms with Gasteiger partial charge in [-0.1, -0.05) is 0 Å². The number of ether oxygens (including phenoxy) is 1. The molecule has 1 aromatic rings. The highest BCUT2D eigenvalue weighted by Crippen LogP contribution is 2.21. The zero-order valence-corrected chi connectivity index (χ0v) is 10.3. The minimum absolute atomic E-state index is 0.0115. The number of halogens is 1. The van der Waals surface area contributed by atoms with Crippen LogP contribution in [0.3, 0.4) is 0 Å². The van der Waals surface area contributed by atoms with Crippen LogP contribution in [0.4, 0.5) is 4.39 Å². The van der Waals surface area contributed by atoms with Gasteiger partial charge in [-0.3, -0.25) is 4.79 Å². The Bertz CT molecular complexity index is 437. The van der Waals surface area contributed by atoms with Crippen molar-refractivity contribution in [3.8, 4) is 5.75 Å². The van der Waals surface area contributed by atoms with E-state index >= 15 is 0 Å². The van der Waals surface area contributed by atoms with Gasteiger partial charge in [-0.05, 0) is 36.6 Å². The van der Waals surface area contributed by atoms with Crippen LogP contribution in [0.15, 0.2) is 18.2 Å². The number of hydrogen-bond donors (Lipinski definition) is 2. The quantitative estimate of drug-likeness (QED) is 0.835. The van der Waals surface area contributed by atoms with Crippen LogP contribution in [0.1, 0.15) is 12.0 Å². The average Bonchev–Trinajstić information content (AvgIpc) is 2.37. The lowest BCUT2D eigenvalue weighted by Crippen LogP contribution is -2.52. The molecule has 1 atom stereocenters. The number of piperazine rings is 1. The van der Waals surface area contributed by atoms with Gasteiger partial charge in [0, 0.05) is 12.6 Å². The number of carbonyl (C=O) groups excluding carboxylic acids is 1. The number of methoxy groups -OCH3 is 1. The summed E-state index contributed by atoms with van der Waals surface area (Å²) in [6.45, 7) is 1.13. The van der Waals surface area contributed by atoms with E-state index in [1.165, 1.54) is 12.1 Å². The Balaban J connectivity index is 1.96. The predicted molar refractivity (Wildman–Crippen MR) is 66.1 cm³/mol. The van der Waals surface area contributed by atoms with Crippen LogP contribution in [0.25, 0.3) is 0 Å². The number of nitrogens with one attached hydrogen (secondary N) is 2. The van der Waals surface area contributed by atoms with Gasteiger partial charge < -0.3 is 15.4 Å². The van der Waals surface area contributed by atoms with Gasteiger partial charge in [0.05, 0.1) is 13.7 Å². The first-order valence-electron chi connectivity index (χ1n) is 6.01. The summed E-state index contributed by atoms with van der Waals surface area (Å²) < 4.78 is 18.4. The van der Waals surface area contributed by atoms with Crippen LogP contribution in [0.2, 0.25) is 0 Å². The smallest absolute Gasteiger partial charge is 0.234 e. The van der Waals surface area contributed by atoms with Crippen molar-refractivity contribution in [2.24, 2.45) is 0 Å². The van der Waals surface area contributed by atoms with Crippen LogP contribution >= 0.6 is 0 Å². The van der Waals surface area contributed by atoms with Crippen LogP contribution in [-0.4, -0.2) is 32.1 Å². The molecule has 1 aromatic carbocycles. The summed E-state index contributed by atoms with van der Waals surface area (Å²) in [7, 11) is 1.57. The SMILES string of the molecule is COc1ccc(F)cc1CCC1CNCC(=O)N1. The number of rotatable bonds is 4. The number of aryl methyl sites for hydroxylation is 1. The molecular formula is C13H17FN2O2. The molecule has 1 fully saturated rings. The Hall–Kier alpha value is -1.62. The van der Waals surface area contributed by atoms with E-state index in [1.54, 1.807) is 13.2 Å². The summed E-state index contributed by atoms with van der Waals surface area (Å²) >= 11 is 0. The molecule has 2 rings (SSSR count). The Morgan fingerprint density at radius 2 is 2.33 bits per heavy atom. The third-order valence-electron chi connectivity index (χ3n) is 3.05. The van der Waals surface area contributed by atoms with E-state index in [9.17, 15) is 9.18 Å². The Morgan fingerprint density at radius 1 is 1.50 bits per heavy atom. The van der Waals surface area contributed by atoms with Crippen molar-refractivity contribution in [3.05, 3.63) is 29.6 Å². The van der Waals surface area contributed by atoms with E-state index in [-0.39, 0.29) is 17.8 Å². The molecule has 0 aliphatic carbocycles. The molecule has 18 heavy (non-hydrogen) atoms. The van der Waals surface area contributed by atoms with Crippen molar-refractivity contribution in [2.45, 2.75) is 18.9 Å². The van der Waals surface area contributed by atoms with Crippen LogP contribution in [-0.2, 0) is 11.2 Å². The minimum Gasteiger partial charge on any atom is -0.496 e. The normalized spacial score (nSPS) is 19.4. The maximum atomic E-state index is 13.2. The molecule has 1 amide bonds. The Kier molecular flexibility index (Phi) is 4.15. The summed E-state index contributed by atoms with van der Waals surface area (Å²) in [5, 5.41) is 5.95. The van der Waals surface area contributed by atoms with Gasteiger partial charge >= 0.3 is 0 Å². The lowest BCUT2D eigenvalue weighted by molar-refractivity contribution is -0.122. The second-order valence-electron chi connectivity index (χ2n) is 4.39. The fraction of sp³-hybridized carbons (Fsp3) is 0.462. The van der Waals surface area contributed by atoms with Crippen LogP contribution < -0.4 is 15.4 Å². The summed E-state index contributed by atoms with van der Waals surface area (Å²) in [5.41, 5.74) is 0.831. The average molecular weight is 252 g/mol. The number of benzene rings is 1. The molecule has 0 spiro atoms. The first kappa shape index (κ1) is 12.8. The van der Waals surface area contributed by atoms with E-state index < -0.39 is 0 Å². The molecule has 1 heterocycles. The molecule has 0 saturated carbocycles. The third kappa shape index (κ3) is 3.20. The van der Waals surface area contributed by atoms with E-state index in [4.69, 9.17) is 4.74 Å². The molecule has 2 N–H and O–H groups in total. The van der Waals surface area contributed by atoms with Crippen molar-refractivity contribution >= 4 is 5.91 Å². The monoisotopic (exact) mass is 252 g/mol. The zero-order chi connectivity index (χ0) is 13.0. The van der Waals surface area contributed by atoms with E-state index in [1.807, 2.05) is 0 Å². The van der Waals surface area contributed by atoms with Crippen molar-refractivity contribution in [1.82, 2.24) is 10.6 Å². The standard InChI is InChI=1S/C13H17FN2O2/c1-18-12-5-3-10(14)6-9(12)2-4-11-7-15-8-13(17)16-11/h3,5-6,11,15H,2,4,7-8H2,1H3,(H,16,17). The molecule has 0 bridgehead atoms. The van der Waals surface area contributed by atoms with E-state index in [0.29, 0.717) is 18.7 Å². The van der Waals surface area contributed by atoms with Gasteiger partial charge in [0.1, 0.15) is 11.6 Å². The maximum absolute atomic E-state index is 13.2. The van der Waals surface area contributed by atoms with Crippen LogP contribution in [0, 0.1) is 5.82 Å². The Morgan fingerprint density at radius 3 is 3.06 bits per heavy atom. The second kappa shape index (κ2) is 5.82. The predicted octanol–water partition coefficient (Wildman–Crippen LogP) is 0.855. The highest BCUT2D eigenvalue weighted by molar-refractivity contribution is 5.79. The molecule has 1 saturated heterocycles. The number of carbonyl (C=O) groups is 1. The molecule has 0 radical (unpaired) electrons. The maximum Gasteiger partial charge on any atom is 0.234 e. The highest BCUT2D eigenvalue weighted by Gasteiger charge is 2.17. The molecule has 5 heteroatoms. The first-order valence-corrected chi connectivity index (χ1v) is 6.01. The van der Waals surface area contributed by atoms with Crippen molar-refractivity contribution in [3.63, 3.8) is 0 Å². The van der Waals surface area contributed by atoms with Crippen molar-refractivity contribution in [2.75, 3.05) is 20.2 Å². The molecular weight excluding hydrogens is 235 g/mol. The van der Waals surface area contributed by atoms with Gasteiger partial charge in [-0.25, -0.2) is 4.39 Å². The zero-order valence-electron chi connectivity index (χ0n) is 10.3. The number of hydrogen-bond acceptors (Lipinski definition) is 3. The lowest BCUT2D eigenvalue weighted by atomic mass is 10.0. The molecule has 1 aliphatic rings. The second-order valence-corrected chi connectivity index (χ2v) is 4.39. The molecule has 1 unspecified atom stereocenters. The van der Waals surface area contributed by atoms with Gasteiger partial charge in [0.2, 0.25) is 5.91 Å². The minimum atomic E-state index is -0.267. The lowest BCUT2D eigenvalue weighted by Gasteiger charge is -2.24. The van der Waals surface area contributed by atoms with Gasteiger partial charge in [0.15, 0.2) is 0 Å². The van der Waals surface area contributed by atoms with E-state index in [0.717, 1.165) is 18.5 Å². The third-order valence-corrected chi connectivity index (χ3v) is 3.05. The fourth-order valence-corrected chi connectivity index (χ4v) is 2.14. The molecule has 0 aromatic heterocycles. The topological polar surface area (TPSA) is 50.4 Å². The molecule has 4 nitrogen and oxygen atoms in total. The van der Waals surface area contributed by atoms with E-state index in [2.05, 4.69) is 10.6 Å². The van der Waals surface area contributed by atoms with Gasteiger partial charge in [0.25, 0.3) is 0 Å². The summed E-state index contributed by atoms with van der Waals surface area (Å²) in [6, 6.07) is 4.59.